The Kier molecular flexibility index (Phi) is 7.35. The van der Waals surface area contributed by atoms with Crippen LogP contribution in [0, 0.1) is 0 Å². The Balaban J connectivity index is 1.38. The van der Waals surface area contributed by atoms with Crippen molar-refractivity contribution in [3.05, 3.63) is 70.2 Å². The molecule has 1 aliphatic heterocycles. The zero-order valence-electron chi connectivity index (χ0n) is 15.9. The van der Waals surface area contributed by atoms with E-state index < -0.39 is 5.97 Å². The molecule has 0 aliphatic carbocycles. The molecule has 3 rings (SSSR count). The van der Waals surface area contributed by atoms with Crippen LogP contribution in [0.4, 0.5) is 0 Å². The van der Waals surface area contributed by atoms with Crippen molar-refractivity contribution in [1.29, 1.82) is 0 Å². The van der Waals surface area contributed by atoms with Gasteiger partial charge in [-0.05, 0) is 28.8 Å². The van der Waals surface area contributed by atoms with E-state index in [0.29, 0.717) is 12.1 Å². The van der Waals surface area contributed by atoms with Crippen molar-refractivity contribution in [3.8, 4) is 0 Å². The van der Waals surface area contributed by atoms with Crippen molar-refractivity contribution in [2.75, 3.05) is 32.7 Å². The lowest BCUT2D eigenvalue weighted by Gasteiger charge is -2.31. The summed E-state index contributed by atoms with van der Waals surface area (Å²) in [4.78, 5) is 26.4. The van der Waals surface area contributed by atoms with Crippen LogP contribution in [0.2, 0.25) is 5.02 Å². The quantitative estimate of drug-likeness (QED) is 0.474. The van der Waals surface area contributed by atoms with Crippen LogP contribution >= 0.6 is 11.6 Å². The molecule has 0 unspecified atom stereocenters. The smallest absolute Gasteiger partial charge is 0.295 e. The summed E-state index contributed by atoms with van der Waals surface area (Å²) in [5.74, 6) is -1.37. The number of piperazine rings is 1. The van der Waals surface area contributed by atoms with Gasteiger partial charge in [0.25, 0.3) is 5.91 Å². The minimum absolute atomic E-state index is 0.102. The number of rotatable bonds is 7. The van der Waals surface area contributed by atoms with E-state index in [9.17, 15) is 14.7 Å². The number of benzene rings is 2. The number of carboxylic acid groups (broad SMARTS) is 1. The van der Waals surface area contributed by atoms with Gasteiger partial charge >= 0.3 is 0 Å². The molecule has 1 aliphatic rings. The van der Waals surface area contributed by atoms with Gasteiger partial charge in [0, 0.05) is 24.7 Å². The molecule has 0 spiro atoms. The molecule has 1 heterocycles. The van der Waals surface area contributed by atoms with E-state index in [-0.39, 0.29) is 11.5 Å². The maximum atomic E-state index is 12.1. The van der Waals surface area contributed by atoms with Gasteiger partial charge in [-0.1, -0.05) is 48.0 Å². The standard InChI is InChI=1S/C21H23ClN4O3/c22-19-7-3-17(4-8-19)14-25-9-11-26(12-10-25)15-20(27)24-23-13-16-1-5-18(6-2-16)21(28)29/h1-8,13H,9-12,14-15H2,(H,24,27)(H,28,29)/b23-13-. The molecule has 152 valence electrons. The number of aromatic carboxylic acids is 1. The summed E-state index contributed by atoms with van der Waals surface area (Å²) in [6.45, 7) is 4.91. The number of carboxylic acids is 1. The maximum Gasteiger partial charge on any atom is 0.295 e. The van der Waals surface area contributed by atoms with E-state index >= 15 is 0 Å². The second-order valence-electron chi connectivity index (χ2n) is 7.03. The van der Waals surface area contributed by atoms with E-state index in [2.05, 4.69) is 15.4 Å². The first-order valence-corrected chi connectivity index (χ1v) is 9.81. The lowest BCUT2D eigenvalue weighted by Crippen LogP contribution is -3.15. The summed E-state index contributed by atoms with van der Waals surface area (Å²) in [6, 6.07) is 14.0. The molecule has 1 saturated heterocycles. The third-order valence-electron chi connectivity index (χ3n) is 4.84. The molecule has 2 aromatic carbocycles. The number of carbonyl (C=O) groups is 2. The number of hydrazone groups is 1. The average Bonchev–Trinajstić information content (AvgIpc) is 2.71. The Hall–Kier alpha value is -2.74. The van der Waals surface area contributed by atoms with Crippen LogP contribution < -0.4 is 15.4 Å². The second-order valence-corrected chi connectivity index (χ2v) is 7.47. The van der Waals surface area contributed by atoms with Crippen molar-refractivity contribution < 1.29 is 19.6 Å². The number of hydrogen-bond donors (Lipinski definition) is 2. The molecule has 1 fully saturated rings. The van der Waals surface area contributed by atoms with Crippen LogP contribution in [0.15, 0.2) is 53.6 Å². The first kappa shape index (κ1) is 21.0. The van der Waals surface area contributed by atoms with Crippen LogP contribution in [-0.2, 0) is 11.3 Å². The Labute approximate surface area is 174 Å². The van der Waals surface area contributed by atoms with Gasteiger partial charge in [-0.3, -0.25) is 9.69 Å². The monoisotopic (exact) mass is 414 g/mol. The van der Waals surface area contributed by atoms with Crippen molar-refractivity contribution in [1.82, 2.24) is 10.3 Å². The molecular formula is C21H23ClN4O3. The highest BCUT2D eigenvalue weighted by atomic mass is 35.5. The molecular weight excluding hydrogens is 392 g/mol. The predicted molar refractivity (Wildman–Crippen MR) is 109 cm³/mol. The molecule has 0 atom stereocenters. The maximum absolute atomic E-state index is 12.1. The van der Waals surface area contributed by atoms with Gasteiger partial charge in [-0.2, -0.15) is 5.10 Å². The third-order valence-corrected chi connectivity index (χ3v) is 5.09. The number of halogens is 1. The van der Waals surface area contributed by atoms with E-state index in [0.717, 1.165) is 37.7 Å². The number of hydrogen-bond acceptors (Lipinski definition) is 5. The molecule has 0 saturated carbocycles. The van der Waals surface area contributed by atoms with Gasteiger partial charge < -0.3 is 14.8 Å². The summed E-state index contributed by atoms with van der Waals surface area (Å²) in [5.41, 5.74) is 4.56. The van der Waals surface area contributed by atoms with E-state index in [1.54, 1.807) is 12.1 Å². The van der Waals surface area contributed by atoms with E-state index in [1.165, 1.54) is 28.8 Å². The summed E-state index contributed by atoms with van der Waals surface area (Å²) in [7, 11) is 0. The Morgan fingerprint density at radius 1 is 1.10 bits per heavy atom. The number of amides is 1. The topological polar surface area (TPSA) is 89.3 Å². The molecule has 2 N–H and O–H groups in total. The fraction of sp³-hybridized carbons (Fsp3) is 0.286. The summed E-state index contributed by atoms with van der Waals surface area (Å²) in [6.07, 6.45) is 1.48. The Morgan fingerprint density at radius 3 is 2.38 bits per heavy atom. The highest BCUT2D eigenvalue weighted by molar-refractivity contribution is 6.30. The molecule has 8 heteroatoms. The van der Waals surface area contributed by atoms with E-state index in [1.807, 2.05) is 24.3 Å². The second kappa shape index (κ2) is 10.2. The zero-order chi connectivity index (χ0) is 20.6. The van der Waals surface area contributed by atoms with Gasteiger partial charge in [0.15, 0.2) is 6.54 Å². The van der Waals surface area contributed by atoms with Crippen molar-refractivity contribution in [2.45, 2.75) is 6.54 Å². The van der Waals surface area contributed by atoms with Gasteiger partial charge in [0.2, 0.25) is 0 Å². The number of nitrogens with zero attached hydrogens (tertiary/aromatic N) is 2. The van der Waals surface area contributed by atoms with Crippen molar-refractivity contribution in [3.63, 3.8) is 0 Å². The normalized spacial score (nSPS) is 15.5. The van der Waals surface area contributed by atoms with Gasteiger partial charge in [-0.25, -0.2) is 5.43 Å². The van der Waals surface area contributed by atoms with Crippen LogP contribution in [0.3, 0.4) is 0 Å². The summed E-state index contributed by atoms with van der Waals surface area (Å²) in [5, 5.41) is 15.4. The van der Waals surface area contributed by atoms with Gasteiger partial charge in [0.05, 0.1) is 25.3 Å². The van der Waals surface area contributed by atoms with Gasteiger partial charge in [-0.15, -0.1) is 0 Å². The number of quaternary nitrogens is 1. The van der Waals surface area contributed by atoms with Crippen LogP contribution in [-0.4, -0.2) is 55.7 Å². The molecule has 0 radical (unpaired) electrons. The van der Waals surface area contributed by atoms with Crippen LogP contribution in [0.1, 0.15) is 21.5 Å². The first-order valence-electron chi connectivity index (χ1n) is 9.43. The van der Waals surface area contributed by atoms with Crippen LogP contribution in [0.5, 0.6) is 0 Å². The first-order chi connectivity index (χ1) is 14.0. The Bertz CT molecular complexity index is 860. The fourth-order valence-electron chi connectivity index (χ4n) is 3.20. The molecule has 7 nitrogen and oxygen atoms in total. The molecule has 0 bridgehead atoms. The molecule has 0 aromatic heterocycles. The molecule has 29 heavy (non-hydrogen) atoms. The molecule has 2 aromatic rings. The molecule has 1 amide bonds. The largest absolute Gasteiger partial charge is 0.545 e. The average molecular weight is 415 g/mol. The summed E-state index contributed by atoms with van der Waals surface area (Å²) < 4.78 is 0. The number of nitrogens with one attached hydrogen (secondary N) is 2. The SMILES string of the molecule is O=C(C[NH+]1CCN(Cc2ccc(Cl)cc2)CC1)N/N=C\c1ccc(C(=O)[O-])cc1. The van der Waals surface area contributed by atoms with E-state index in [4.69, 9.17) is 11.6 Å². The minimum atomic E-state index is -1.22. The van der Waals surface area contributed by atoms with Gasteiger partial charge in [0.1, 0.15) is 0 Å². The summed E-state index contributed by atoms with van der Waals surface area (Å²) >= 11 is 5.92. The Morgan fingerprint density at radius 2 is 1.76 bits per heavy atom. The zero-order valence-corrected chi connectivity index (χ0v) is 16.7. The lowest BCUT2D eigenvalue weighted by atomic mass is 10.1. The fourth-order valence-corrected chi connectivity index (χ4v) is 3.33. The highest BCUT2D eigenvalue weighted by Gasteiger charge is 2.22. The number of carbonyl (C=O) groups excluding carboxylic acids is 2. The lowest BCUT2D eigenvalue weighted by molar-refractivity contribution is -0.896. The highest BCUT2D eigenvalue weighted by Crippen LogP contribution is 2.11. The van der Waals surface area contributed by atoms with Crippen LogP contribution in [0.25, 0.3) is 0 Å². The predicted octanol–water partition coefficient (Wildman–Crippen LogP) is -0.446. The van der Waals surface area contributed by atoms with Crippen molar-refractivity contribution in [2.24, 2.45) is 5.10 Å². The van der Waals surface area contributed by atoms with Crippen molar-refractivity contribution >= 4 is 29.7 Å². The third kappa shape index (κ3) is 6.67. The minimum Gasteiger partial charge on any atom is -0.545 e.